The molecule has 184 valence electrons. The van der Waals surface area contributed by atoms with Gasteiger partial charge < -0.3 is 20.1 Å². The average Bonchev–Trinajstić information content (AvgIpc) is 3.18. The van der Waals surface area contributed by atoms with Gasteiger partial charge in [0.25, 0.3) is 0 Å². The Morgan fingerprint density at radius 1 is 1.29 bits per heavy atom. The van der Waals surface area contributed by atoms with Gasteiger partial charge in [0.1, 0.15) is 6.54 Å². The summed E-state index contributed by atoms with van der Waals surface area (Å²) in [4.78, 5) is 41.3. The van der Waals surface area contributed by atoms with E-state index in [2.05, 4.69) is 38.6 Å². The Kier molecular flexibility index (Phi) is 8.19. The molecular formula is C19H26N8O5S2. The zero-order valence-electron chi connectivity index (χ0n) is 18.9. The number of thiol groups is 1. The molecule has 0 unspecified atom stereocenters. The molecule has 1 aliphatic heterocycles. The Morgan fingerprint density at radius 3 is 2.59 bits per heavy atom. The van der Waals surface area contributed by atoms with Gasteiger partial charge in [-0.1, -0.05) is 24.6 Å². The van der Waals surface area contributed by atoms with Crippen LogP contribution < -0.4 is 14.4 Å². The van der Waals surface area contributed by atoms with Crippen LogP contribution in [-0.2, 0) is 11.3 Å². The molecule has 2 aromatic rings. The van der Waals surface area contributed by atoms with Gasteiger partial charge in [-0.2, -0.15) is 0 Å². The number of likely N-dealkylation sites (tertiary alicyclic amines) is 1. The molecule has 2 N–H and O–H groups in total. The zero-order chi connectivity index (χ0) is 24.9. The lowest BCUT2D eigenvalue weighted by Crippen LogP contribution is -2.45. The number of hydrogen-bond acceptors (Lipinski definition) is 10. The van der Waals surface area contributed by atoms with Crippen molar-refractivity contribution in [2.75, 3.05) is 17.4 Å². The molecule has 0 aliphatic carbocycles. The molecule has 1 saturated heterocycles. The number of aromatic nitrogens is 5. The quantitative estimate of drug-likeness (QED) is 0.492. The van der Waals surface area contributed by atoms with E-state index in [-0.39, 0.29) is 17.7 Å². The molecule has 3 rings (SSSR count). The number of hydrogen-bond donors (Lipinski definition) is 3. The summed E-state index contributed by atoms with van der Waals surface area (Å²) in [5.74, 6) is -0.917. The highest BCUT2D eigenvalue weighted by atomic mass is 32.2. The van der Waals surface area contributed by atoms with Crippen molar-refractivity contribution in [3.63, 3.8) is 0 Å². The molecule has 0 bridgehead atoms. The molecule has 0 radical (unpaired) electrons. The number of thioether (sulfide) groups is 1. The first-order valence-corrected chi connectivity index (χ1v) is 11.7. The number of aliphatic carboxylic acids is 1. The van der Waals surface area contributed by atoms with E-state index in [0.717, 1.165) is 4.31 Å². The van der Waals surface area contributed by atoms with E-state index in [1.54, 1.807) is 11.0 Å². The molecule has 0 saturated carbocycles. The van der Waals surface area contributed by atoms with Crippen molar-refractivity contribution < 1.29 is 24.2 Å². The van der Waals surface area contributed by atoms with Gasteiger partial charge in [-0.15, -0.1) is 5.10 Å². The number of carboxylic acids is 1. The third kappa shape index (κ3) is 7.21. The zero-order valence-corrected chi connectivity index (χ0v) is 20.6. The number of urea groups is 1. The molecule has 34 heavy (non-hydrogen) atoms. The number of carboxylic acid groups (broad SMARTS) is 1. The lowest BCUT2D eigenvalue weighted by atomic mass is 10.1. The highest BCUT2D eigenvalue weighted by Crippen LogP contribution is 2.29. The normalized spacial score (nSPS) is 14.5. The van der Waals surface area contributed by atoms with Gasteiger partial charge in [-0.25, -0.2) is 23.6 Å². The number of tetrazole rings is 1. The van der Waals surface area contributed by atoms with Gasteiger partial charge in [0.15, 0.2) is 0 Å². The Hall–Kier alpha value is -3.07. The summed E-state index contributed by atoms with van der Waals surface area (Å²) in [6.45, 7) is 6.20. The fraction of sp³-hybridized carbons (Fsp3) is 0.526. The largest absolute Gasteiger partial charge is 0.480 e. The lowest BCUT2D eigenvalue weighted by molar-refractivity contribution is -0.138. The number of pyridine rings is 1. The van der Waals surface area contributed by atoms with Gasteiger partial charge in [0.05, 0.1) is 11.9 Å². The third-order valence-electron chi connectivity index (χ3n) is 4.59. The van der Waals surface area contributed by atoms with E-state index in [0.29, 0.717) is 36.8 Å². The highest BCUT2D eigenvalue weighted by Gasteiger charge is 2.27. The minimum absolute atomic E-state index is 0.107. The van der Waals surface area contributed by atoms with Crippen LogP contribution in [0.4, 0.5) is 15.3 Å². The topological polar surface area (TPSA) is 156 Å². The summed E-state index contributed by atoms with van der Waals surface area (Å²) in [7, 11) is 0. The molecule has 1 fully saturated rings. The van der Waals surface area contributed by atoms with Crippen LogP contribution in [0.25, 0.3) is 0 Å². The first-order valence-electron chi connectivity index (χ1n) is 10.4. The van der Waals surface area contributed by atoms with Crippen LogP contribution in [0.15, 0.2) is 23.5 Å². The van der Waals surface area contributed by atoms with Crippen molar-refractivity contribution in [1.82, 2.24) is 35.4 Å². The predicted molar refractivity (Wildman–Crippen MR) is 126 cm³/mol. The number of nitrogens with zero attached hydrogens (tertiary/aromatic N) is 7. The fourth-order valence-electron chi connectivity index (χ4n) is 3.02. The van der Waals surface area contributed by atoms with Crippen molar-refractivity contribution in [3.05, 3.63) is 18.3 Å². The summed E-state index contributed by atoms with van der Waals surface area (Å²) in [6, 6.07) is 2.67. The SMILES string of the molecule is CC(C)(C)NC(=O)N(S)c1ccc(OC(=O)N2CCC(Sc3nnnn3CC(=O)O)CC2)nc1. The highest BCUT2D eigenvalue weighted by molar-refractivity contribution is 7.99. The summed E-state index contributed by atoms with van der Waals surface area (Å²) in [6.07, 6.45) is 2.21. The Labute approximate surface area is 205 Å². The number of carbonyl (C=O) groups excluding carboxylic acids is 2. The Bertz CT molecular complexity index is 1020. The van der Waals surface area contributed by atoms with Crippen LogP contribution in [0.5, 0.6) is 5.88 Å². The first-order chi connectivity index (χ1) is 16.0. The van der Waals surface area contributed by atoms with Crippen LogP contribution in [0.1, 0.15) is 33.6 Å². The van der Waals surface area contributed by atoms with Gasteiger partial charge in [0, 0.05) is 29.9 Å². The minimum atomic E-state index is -1.02. The van der Waals surface area contributed by atoms with E-state index in [4.69, 9.17) is 9.84 Å². The van der Waals surface area contributed by atoms with Crippen LogP contribution >= 0.6 is 24.6 Å². The first kappa shape index (κ1) is 25.6. The molecule has 0 spiro atoms. The van der Waals surface area contributed by atoms with Crippen LogP contribution in [0, 0.1) is 0 Å². The molecule has 13 nitrogen and oxygen atoms in total. The summed E-state index contributed by atoms with van der Waals surface area (Å²) in [5, 5.41) is 23.4. The summed E-state index contributed by atoms with van der Waals surface area (Å²) >= 11 is 5.59. The fourth-order valence-corrected chi connectivity index (χ4v) is 4.24. The Morgan fingerprint density at radius 2 is 2.00 bits per heavy atom. The van der Waals surface area contributed by atoms with Crippen LogP contribution in [-0.4, -0.2) is 77.2 Å². The second-order valence-electron chi connectivity index (χ2n) is 8.53. The van der Waals surface area contributed by atoms with Crippen molar-refractivity contribution >= 4 is 48.4 Å². The van der Waals surface area contributed by atoms with Crippen LogP contribution in [0.3, 0.4) is 0 Å². The lowest BCUT2D eigenvalue weighted by Gasteiger charge is -2.30. The standard InChI is InChI=1S/C19H26N8O5S2/c1-19(2,3)21-16(30)27(33)12-4-5-14(20-10-12)32-18(31)25-8-6-13(7-9-25)34-17-22-23-24-26(17)11-15(28)29/h4-5,10,13,33H,6-9,11H2,1-3H3,(H,21,30)(H,28,29). The molecule has 0 aromatic carbocycles. The summed E-state index contributed by atoms with van der Waals surface area (Å²) in [5.41, 5.74) is 0.00737. The smallest absolute Gasteiger partial charge is 0.416 e. The molecule has 0 atom stereocenters. The monoisotopic (exact) mass is 510 g/mol. The van der Waals surface area contributed by atoms with E-state index < -0.39 is 23.6 Å². The van der Waals surface area contributed by atoms with Crippen molar-refractivity contribution in [2.24, 2.45) is 0 Å². The summed E-state index contributed by atoms with van der Waals surface area (Å²) < 4.78 is 7.72. The number of amides is 3. The molecule has 15 heteroatoms. The van der Waals surface area contributed by atoms with E-state index in [1.807, 2.05) is 20.8 Å². The number of nitrogens with one attached hydrogen (secondary N) is 1. The predicted octanol–water partition coefficient (Wildman–Crippen LogP) is 2.07. The Balaban J connectivity index is 1.48. The van der Waals surface area contributed by atoms with E-state index in [9.17, 15) is 14.4 Å². The third-order valence-corrected chi connectivity index (χ3v) is 6.31. The van der Waals surface area contributed by atoms with E-state index >= 15 is 0 Å². The maximum atomic E-state index is 12.5. The maximum Gasteiger partial charge on any atom is 0.416 e. The molecule has 3 amide bonds. The maximum absolute atomic E-state index is 12.5. The second kappa shape index (κ2) is 10.9. The number of anilines is 1. The van der Waals surface area contributed by atoms with Crippen molar-refractivity contribution in [3.8, 4) is 5.88 Å². The van der Waals surface area contributed by atoms with Gasteiger partial charge in [-0.3, -0.25) is 4.79 Å². The van der Waals surface area contributed by atoms with E-state index in [1.165, 1.54) is 28.7 Å². The number of piperidine rings is 1. The number of carbonyl (C=O) groups is 3. The van der Waals surface area contributed by atoms with Gasteiger partial charge in [0.2, 0.25) is 11.0 Å². The molecule has 3 heterocycles. The average molecular weight is 511 g/mol. The molecular weight excluding hydrogens is 484 g/mol. The van der Waals surface area contributed by atoms with Crippen molar-refractivity contribution in [2.45, 2.75) is 56.1 Å². The van der Waals surface area contributed by atoms with Gasteiger partial charge in [-0.05, 0) is 50.1 Å². The van der Waals surface area contributed by atoms with Crippen molar-refractivity contribution in [1.29, 1.82) is 0 Å². The number of ether oxygens (including phenoxy) is 1. The number of rotatable bonds is 6. The minimum Gasteiger partial charge on any atom is -0.480 e. The molecule has 2 aromatic heterocycles. The second-order valence-corrected chi connectivity index (χ2v) is 10.2. The molecule has 1 aliphatic rings. The van der Waals surface area contributed by atoms with Gasteiger partial charge >= 0.3 is 18.1 Å². The van der Waals surface area contributed by atoms with Crippen LogP contribution in [0.2, 0.25) is 0 Å².